The fourth-order valence-corrected chi connectivity index (χ4v) is 0.250. The molecular formula is C10H22O2. The molecule has 2 nitrogen and oxygen atoms in total. The first-order valence-corrected chi connectivity index (χ1v) is 4.49. The molecule has 0 unspecified atom stereocenters. The molecule has 1 aliphatic rings. The van der Waals surface area contributed by atoms with Crippen LogP contribution in [-0.4, -0.2) is 23.4 Å². The smallest absolute Gasteiger partial charge is 0.0662 e. The van der Waals surface area contributed by atoms with Gasteiger partial charge in [0.25, 0.3) is 0 Å². The fraction of sp³-hybridized carbons (Fsp3) is 0.800. The Kier molecular flexibility index (Phi) is 15.7. The average molecular weight is 174 g/mol. The molecule has 2 N–H and O–H groups in total. The Balaban J connectivity index is 0. The molecule has 0 aromatic carbocycles. The highest BCUT2D eigenvalue weighted by atomic mass is 16.3. The molecule has 1 aliphatic carbocycles. The van der Waals surface area contributed by atoms with E-state index in [1.54, 1.807) is 0 Å². The highest BCUT2D eigenvalue weighted by molar-refractivity contribution is 4.78. The largest absolute Gasteiger partial charge is 0.394 e. The van der Waals surface area contributed by atoms with Crippen LogP contribution >= 0.6 is 0 Å². The Morgan fingerprint density at radius 1 is 1.00 bits per heavy atom. The van der Waals surface area contributed by atoms with Crippen molar-refractivity contribution < 1.29 is 10.2 Å². The van der Waals surface area contributed by atoms with Gasteiger partial charge in [0.1, 0.15) is 0 Å². The van der Waals surface area contributed by atoms with Crippen molar-refractivity contribution >= 4 is 0 Å². The van der Waals surface area contributed by atoms with Gasteiger partial charge in [-0.2, -0.15) is 0 Å². The number of allylic oxidation sites excluding steroid dienone is 1. The molecule has 0 heterocycles. The highest BCUT2D eigenvalue weighted by Crippen LogP contribution is 2.15. The molecule has 0 saturated heterocycles. The predicted octanol–water partition coefficient (Wildman–Crippen LogP) is 2.11. The number of aliphatic hydroxyl groups is 2. The van der Waals surface area contributed by atoms with Crippen molar-refractivity contribution in [3.8, 4) is 0 Å². The van der Waals surface area contributed by atoms with Gasteiger partial charge >= 0.3 is 0 Å². The standard InChI is InChI=1S/2C4H8.C2H6O2/c1-2-4-3-1;1-4(2)3;3-1-2-4/h1-4H2;1H2,2-3H3;3-4H,1-2H2. The second-order valence-corrected chi connectivity index (χ2v) is 3.07. The second-order valence-electron chi connectivity index (χ2n) is 3.07. The summed E-state index contributed by atoms with van der Waals surface area (Å²) in [7, 11) is 0. The topological polar surface area (TPSA) is 40.5 Å². The molecule has 0 amide bonds. The first kappa shape index (κ1) is 14.2. The molecule has 2 heteroatoms. The monoisotopic (exact) mass is 174 g/mol. The van der Waals surface area contributed by atoms with Crippen LogP contribution in [0.3, 0.4) is 0 Å². The Morgan fingerprint density at radius 2 is 1.17 bits per heavy atom. The number of aliphatic hydroxyl groups excluding tert-OH is 2. The molecule has 0 atom stereocenters. The molecule has 0 bridgehead atoms. The zero-order chi connectivity index (χ0) is 9.82. The third-order valence-corrected chi connectivity index (χ3v) is 1.10. The van der Waals surface area contributed by atoms with Crippen LogP contribution in [0.25, 0.3) is 0 Å². The van der Waals surface area contributed by atoms with Gasteiger partial charge in [-0.3, -0.25) is 0 Å². The maximum atomic E-state index is 7.62. The first-order valence-electron chi connectivity index (χ1n) is 4.49. The molecule has 0 radical (unpaired) electrons. The first-order chi connectivity index (χ1) is 5.65. The fourth-order valence-electron chi connectivity index (χ4n) is 0.250. The lowest BCUT2D eigenvalue weighted by Crippen LogP contribution is -1.85. The molecule has 0 aliphatic heterocycles. The molecule has 0 spiro atoms. The minimum Gasteiger partial charge on any atom is -0.394 e. The van der Waals surface area contributed by atoms with Gasteiger partial charge in [0.15, 0.2) is 0 Å². The summed E-state index contributed by atoms with van der Waals surface area (Å²) in [4.78, 5) is 0. The maximum absolute atomic E-state index is 7.62. The van der Waals surface area contributed by atoms with Crippen molar-refractivity contribution in [2.24, 2.45) is 0 Å². The normalized spacial score (nSPS) is 12.7. The molecule has 12 heavy (non-hydrogen) atoms. The Labute approximate surface area is 75.9 Å². The summed E-state index contributed by atoms with van der Waals surface area (Å²) in [6, 6.07) is 0. The third kappa shape index (κ3) is 33.4. The van der Waals surface area contributed by atoms with Gasteiger partial charge in [-0.25, -0.2) is 0 Å². The second kappa shape index (κ2) is 13.3. The lowest BCUT2D eigenvalue weighted by Gasteiger charge is -2.05. The van der Waals surface area contributed by atoms with E-state index in [1.807, 2.05) is 13.8 Å². The van der Waals surface area contributed by atoms with E-state index < -0.39 is 0 Å². The van der Waals surface area contributed by atoms with Crippen LogP contribution in [-0.2, 0) is 0 Å². The summed E-state index contributed by atoms with van der Waals surface area (Å²) in [6.07, 6.45) is 6.00. The minimum absolute atomic E-state index is 0.125. The van der Waals surface area contributed by atoms with Crippen molar-refractivity contribution in [2.75, 3.05) is 13.2 Å². The number of hydrogen-bond acceptors (Lipinski definition) is 2. The van der Waals surface area contributed by atoms with E-state index in [2.05, 4.69) is 6.58 Å². The van der Waals surface area contributed by atoms with Gasteiger partial charge < -0.3 is 10.2 Å². The van der Waals surface area contributed by atoms with Gasteiger partial charge in [0.05, 0.1) is 13.2 Å². The average Bonchev–Trinajstić information content (AvgIpc) is 1.82. The van der Waals surface area contributed by atoms with Crippen LogP contribution in [0, 0.1) is 0 Å². The van der Waals surface area contributed by atoms with Crippen LogP contribution in [0.2, 0.25) is 0 Å². The summed E-state index contributed by atoms with van der Waals surface area (Å²) >= 11 is 0. The van der Waals surface area contributed by atoms with Crippen LogP contribution < -0.4 is 0 Å². The van der Waals surface area contributed by atoms with E-state index >= 15 is 0 Å². The summed E-state index contributed by atoms with van der Waals surface area (Å²) in [5.74, 6) is 0. The molecule has 0 aromatic rings. The molecular weight excluding hydrogens is 152 g/mol. The lowest BCUT2D eigenvalue weighted by atomic mass is 10.0. The molecule has 0 aromatic heterocycles. The van der Waals surface area contributed by atoms with E-state index in [1.165, 1.54) is 31.3 Å². The summed E-state index contributed by atoms with van der Waals surface area (Å²) in [5, 5.41) is 15.2. The van der Waals surface area contributed by atoms with Crippen LogP contribution in [0.15, 0.2) is 12.2 Å². The lowest BCUT2D eigenvalue weighted by molar-refractivity contribution is 0.186. The van der Waals surface area contributed by atoms with E-state index in [9.17, 15) is 0 Å². The predicted molar refractivity (Wildman–Crippen MR) is 53.1 cm³/mol. The van der Waals surface area contributed by atoms with E-state index in [4.69, 9.17) is 10.2 Å². The Hall–Kier alpha value is -0.340. The van der Waals surface area contributed by atoms with Crippen molar-refractivity contribution in [2.45, 2.75) is 39.5 Å². The molecule has 1 rings (SSSR count). The SMILES string of the molecule is C1CCC1.C=C(C)C.OCCO. The summed E-state index contributed by atoms with van der Waals surface area (Å²) < 4.78 is 0. The van der Waals surface area contributed by atoms with Crippen molar-refractivity contribution in [1.29, 1.82) is 0 Å². The Morgan fingerprint density at radius 3 is 1.17 bits per heavy atom. The van der Waals surface area contributed by atoms with Crippen LogP contribution in [0.1, 0.15) is 39.5 Å². The highest BCUT2D eigenvalue weighted by Gasteiger charge is 1.95. The third-order valence-electron chi connectivity index (χ3n) is 1.10. The van der Waals surface area contributed by atoms with Gasteiger partial charge in [-0.1, -0.05) is 31.3 Å². The van der Waals surface area contributed by atoms with Gasteiger partial charge in [-0.05, 0) is 13.8 Å². The quantitative estimate of drug-likeness (QED) is 0.598. The van der Waals surface area contributed by atoms with Gasteiger partial charge in [-0.15, -0.1) is 6.58 Å². The zero-order valence-corrected chi connectivity index (χ0v) is 8.34. The van der Waals surface area contributed by atoms with Gasteiger partial charge in [0.2, 0.25) is 0 Å². The van der Waals surface area contributed by atoms with Crippen molar-refractivity contribution in [1.82, 2.24) is 0 Å². The van der Waals surface area contributed by atoms with E-state index in [-0.39, 0.29) is 13.2 Å². The summed E-state index contributed by atoms with van der Waals surface area (Å²) in [6.45, 7) is 7.25. The molecule has 1 fully saturated rings. The van der Waals surface area contributed by atoms with E-state index in [0.29, 0.717) is 0 Å². The Bertz CT molecular complexity index is 75.8. The minimum atomic E-state index is -0.125. The number of hydrogen-bond donors (Lipinski definition) is 2. The van der Waals surface area contributed by atoms with Crippen molar-refractivity contribution in [3.05, 3.63) is 12.2 Å². The van der Waals surface area contributed by atoms with E-state index in [0.717, 1.165) is 0 Å². The zero-order valence-electron chi connectivity index (χ0n) is 8.34. The molecule has 74 valence electrons. The maximum Gasteiger partial charge on any atom is 0.0662 e. The van der Waals surface area contributed by atoms with Gasteiger partial charge in [0, 0.05) is 0 Å². The summed E-state index contributed by atoms with van der Waals surface area (Å²) in [5.41, 5.74) is 1.17. The number of rotatable bonds is 1. The van der Waals surface area contributed by atoms with Crippen LogP contribution in [0.5, 0.6) is 0 Å². The van der Waals surface area contributed by atoms with Crippen molar-refractivity contribution in [3.63, 3.8) is 0 Å². The van der Waals surface area contributed by atoms with Crippen LogP contribution in [0.4, 0.5) is 0 Å². The molecule has 1 saturated carbocycles.